The molecule has 1 amide bonds. The fourth-order valence-corrected chi connectivity index (χ4v) is 5.29. The second-order valence-corrected chi connectivity index (χ2v) is 10.8. The summed E-state index contributed by atoms with van der Waals surface area (Å²) < 4.78 is 6.01. The monoisotopic (exact) mass is 535 g/mol. The van der Waals surface area contributed by atoms with Gasteiger partial charge in [-0.15, -0.1) is 0 Å². The highest BCUT2D eigenvalue weighted by atomic mass is 35.5. The van der Waals surface area contributed by atoms with Gasteiger partial charge >= 0.3 is 11.9 Å². The first-order valence-electron chi connectivity index (χ1n) is 11.8. The van der Waals surface area contributed by atoms with Crippen LogP contribution in [0.15, 0.2) is 36.4 Å². The van der Waals surface area contributed by atoms with E-state index >= 15 is 0 Å². The zero-order valence-corrected chi connectivity index (χ0v) is 22.1. The standard InChI is InChI=1S/C27H31Cl2NO6/c1-26(2)18(12-13-27(26,3)25(34)35)24(33)30-21-14-16(6-4-9-23(31)32)10-11-22(21)36-15-17-19(28)7-5-8-20(17)29/h5,7-8,10-11,14,18H,4,6,9,12-13,15H2,1-3H3,(H,30,33)(H,31,32)(H,34,35)/t18-,27?/m1/s1. The number of aryl methyl sites for hydroxylation is 1. The first-order chi connectivity index (χ1) is 16.9. The van der Waals surface area contributed by atoms with Gasteiger partial charge in [0.2, 0.25) is 5.91 Å². The van der Waals surface area contributed by atoms with Gasteiger partial charge in [-0.1, -0.05) is 49.2 Å². The Morgan fingerprint density at radius 3 is 2.33 bits per heavy atom. The highest BCUT2D eigenvalue weighted by molar-refractivity contribution is 6.35. The number of rotatable bonds is 10. The second-order valence-electron chi connectivity index (χ2n) is 10.0. The van der Waals surface area contributed by atoms with E-state index in [2.05, 4.69) is 5.32 Å². The van der Waals surface area contributed by atoms with Gasteiger partial charge in [-0.05, 0) is 67.9 Å². The van der Waals surface area contributed by atoms with Crippen LogP contribution in [0, 0.1) is 16.7 Å². The summed E-state index contributed by atoms with van der Waals surface area (Å²) in [6, 6.07) is 10.5. The number of carbonyl (C=O) groups excluding carboxylic acids is 1. The maximum Gasteiger partial charge on any atom is 0.309 e. The first-order valence-corrected chi connectivity index (χ1v) is 12.6. The number of carboxylic acids is 2. The van der Waals surface area contributed by atoms with Crippen molar-refractivity contribution < 1.29 is 29.3 Å². The van der Waals surface area contributed by atoms with Crippen LogP contribution in [0.2, 0.25) is 10.0 Å². The highest BCUT2D eigenvalue weighted by Gasteiger charge is 2.58. The predicted octanol–water partition coefficient (Wildman–Crippen LogP) is 6.45. The molecule has 0 heterocycles. The van der Waals surface area contributed by atoms with Crippen molar-refractivity contribution in [2.75, 3.05) is 5.32 Å². The molecule has 1 fully saturated rings. The van der Waals surface area contributed by atoms with Crippen molar-refractivity contribution in [1.82, 2.24) is 0 Å². The van der Waals surface area contributed by atoms with E-state index in [1.165, 1.54) is 0 Å². The molecule has 36 heavy (non-hydrogen) atoms. The van der Waals surface area contributed by atoms with Crippen molar-refractivity contribution in [2.24, 2.45) is 16.7 Å². The molecule has 0 bridgehead atoms. The third-order valence-corrected chi connectivity index (χ3v) is 8.31. The Morgan fingerprint density at radius 1 is 1.08 bits per heavy atom. The number of hydrogen-bond acceptors (Lipinski definition) is 4. The van der Waals surface area contributed by atoms with Crippen LogP contribution in [0.5, 0.6) is 5.75 Å². The normalized spacial score (nSPS) is 20.6. The van der Waals surface area contributed by atoms with Crippen LogP contribution in [0.4, 0.5) is 5.69 Å². The Bertz CT molecular complexity index is 1140. The van der Waals surface area contributed by atoms with Gasteiger partial charge in [-0.2, -0.15) is 0 Å². The molecule has 0 radical (unpaired) electrons. The lowest BCUT2D eigenvalue weighted by Gasteiger charge is -2.37. The molecule has 1 unspecified atom stereocenters. The maximum atomic E-state index is 13.4. The summed E-state index contributed by atoms with van der Waals surface area (Å²) >= 11 is 12.5. The van der Waals surface area contributed by atoms with Crippen molar-refractivity contribution in [3.8, 4) is 5.75 Å². The second kappa shape index (κ2) is 11.1. The van der Waals surface area contributed by atoms with E-state index in [1.807, 2.05) is 19.9 Å². The van der Waals surface area contributed by atoms with Crippen LogP contribution in [0.3, 0.4) is 0 Å². The van der Waals surface area contributed by atoms with Crippen molar-refractivity contribution in [1.29, 1.82) is 0 Å². The van der Waals surface area contributed by atoms with Gasteiger partial charge in [0.05, 0.1) is 11.1 Å². The average molecular weight is 536 g/mol. The van der Waals surface area contributed by atoms with E-state index in [1.54, 1.807) is 37.3 Å². The number of amides is 1. The summed E-state index contributed by atoms with van der Waals surface area (Å²) in [5, 5.41) is 22.6. The van der Waals surface area contributed by atoms with Crippen LogP contribution in [0.25, 0.3) is 0 Å². The summed E-state index contributed by atoms with van der Waals surface area (Å²) in [7, 11) is 0. The molecular formula is C27H31Cl2NO6. The zero-order valence-electron chi connectivity index (χ0n) is 20.6. The predicted molar refractivity (Wildman–Crippen MR) is 139 cm³/mol. The van der Waals surface area contributed by atoms with Gasteiger partial charge in [-0.25, -0.2) is 0 Å². The summed E-state index contributed by atoms with van der Waals surface area (Å²) in [5.74, 6) is -2.18. The molecule has 7 nitrogen and oxygen atoms in total. The molecule has 3 rings (SSSR count). The zero-order chi connectivity index (χ0) is 26.7. The lowest BCUT2D eigenvalue weighted by molar-refractivity contribution is -0.155. The molecule has 194 valence electrons. The van der Waals surface area contributed by atoms with Crippen LogP contribution in [0.1, 0.15) is 57.6 Å². The molecule has 9 heteroatoms. The van der Waals surface area contributed by atoms with Gasteiger partial charge < -0.3 is 20.3 Å². The number of benzene rings is 2. The lowest BCUT2D eigenvalue weighted by Crippen LogP contribution is -2.43. The molecule has 0 aromatic heterocycles. The van der Waals surface area contributed by atoms with Crippen molar-refractivity contribution in [3.05, 3.63) is 57.6 Å². The number of aliphatic carboxylic acids is 2. The van der Waals surface area contributed by atoms with Crippen LogP contribution < -0.4 is 10.1 Å². The van der Waals surface area contributed by atoms with E-state index in [0.29, 0.717) is 52.7 Å². The van der Waals surface area contributed by atoms with Gasteiger partial charge in [0.15, 0.2) is 0 Å². The largest absolute Gasteiger partial charge is 0.487 e. The first kappa shape index (κ1) is 27.8. The number of nitrogens with one attached hydrogen (secondary N) is 1. The van der Waals surface area contributed by atoms with Crippen molar-refractivity contribution >= 4 is 46.7 Å². The molecule has 0 spiro atoms. The Hall–Kier alpha value is -2.77. The third kappa shape index (κ3) is 5.79. The molecule has 0 saturated heterocycles. The van der Waals surface area contributed by atoms with E-state index < -0.39 is 28.7 Å². The maximum absolute atomic E-state index is 13.4. The number of ether oxygens (including phenoxy) is 1. The summed E-state index contributed by atoms with van der Waals surface area (Å²) in [6.07, 6.45) is 1.85. The minimum absolute atomic E-state index is 0.0367. The molecule has 0 aliphatic heterocycles. The molecule has 1 aliphatic carbocycles. The SMILES string of the molecule is CC1(C(=O)O)CC[C@H](C(=O)Nc2cc(CCCC(=O)O)ccc2OCc2c(Cl)cccc2Cl)C1(C)C. The van der Waals surface area contributed by atoms with Crippen LogP contribution in [-0.4, -0.2) is 28.1 Å². The van der Waals surface area contributed by atoms with Crippen molar-refractivity contribution in [2.45, 2.75) is 59.5 Å². The summed E-state index contributed by atoms with van der Waals surface area (Å²) in [6.45, 7) is 5.40. The molecule has 2 atom stereocenters. The van der Waals surface area contributed by atoms with Gasteiger partial charge in [0, 0.05) is 27.9 Å². The Balaban J connectivity index is 1.86. The van der Waals surface area contributed by atoms with Crippen LogP contribution in [-0.2, 0) is 27.4 Å². The van der Waals surface area contributed by atoms with E-state index in [-0.39, 0.29) is 18.9 Å². The minimum Gasteiger partial charge on any atom is -0.487 e. The van der Waals surface area contributed by atoms with Gasteiger partial charge in [-0.3, -0.25) is 14.4 Å². The van der Waals surface area contributed by atoms with Gasteiger partial charge in [0.25, 0.3) is 0 Å². The molecule has 1 saturated carbocycles. The number of halogens is 2. The number of carboxylic acid groups (broad SMARTS) is 2. The molecule has 2 aromatic carbocycles. The fourth-order valence-electron chi connectivity index (χ4n) is 4.78. The quantitative estimate of drug-likeness (QED) is 0.322. The summed E-state index contributed by atoms with van der Waals surface area (Å²) in [4.78, 5) is 36.3. The Labute approximate surface area is 220 Å². The van der Waals surface area contributed by atoms with E-state index in [9.17, 15) is 19.5 Å². The topological polar surface area (TPSA) is 113 Å². The molecule has 1 aliphatic rings. The molecule has 2 aromatic rings. The van der Waals surface area contributed by atoms with Crippen molar-refractivity contribution in [3.63, 3.8) is 0 Å². The minimum atomic E-state index is -1.02. The van der Waals surface area contributed by atoms with E-state index in [4.69, 9.17) is 33.0 Å². The van der Waals surface area contributed by atoms with Crippen LogP contribution >= 0.6 is 23.2 Å². The smallest absolute Gasteiger partial charge is 0.309 e. The lowest BCUT2D eigenvalue weighted by atomic mass is 9.65. The number of carbonyl (C=O) groups is 3. The third-order valence-electron chi connectivity index (χ3n) is 7.61. The fraction of sp³-hybridized carbons (Fsp3) is 0.444. The Morgan fingerprint density at radius 2 is 1.75 bits per heavy atom. The summed E-state index contributed by atoms with van der Waals surface area (Å²) in [5.41, 5.74) is 0.0892. The Kier molecular flexibility index (Phi) is 8.57. The molecular weight excluding hydrogens is 505 g/mol. The van der Waals surface area contributed by atoms with E-state index in [0.717, 1.165) is 5.56 Å². The highest BCUT2D eigenvalue weighted by Crippen LogP contribution is 2.56. The number of hydrogen-bond donors (Lipinski definition) is 3. The average Bonchev–Trinajstić information content (AvgIpc) is 3.04. The molecule has 3 N–H and O–H groups in total. The number of anilines is 1. The van der Waals surface area contributed by atoms with Gasteiger partial charge in [0.1, 0.15) is 12.4 Å².